The number of nitrogens with one attached hydrogen (secondary N) is 1. The second-order valence-corrected chi connectivity index (χ2v) is 7.04. The second kappa shape index (κ2) is 8.65. The zero-order valence-electron chi connectivity index (χ0n) is 16.0. The minimum atomic E-state index is -1.13. The number of hydrogen-bond donors (Lipinski definition) is 1. The third kappa shape index (κ3) is 4.72. The number of hydrogen-bond acceptors (Lipinski definition) is 2. The standard InChI is InChI=1S/C22H28N2O2/c1-5-24(16-18-12-8-6-9-13-18)21(26)22(3,4)20(25)23-17(2)19-14-10-7-11-15-19/h6-15,17H,5,16H2,1-4H3,(H,23,25). The van der Waals surface area contributed by atoms with Crippen LogP contribution in [-0.2, 0) is 16.1 Å². The van der Waals surface area contributed by atoms with Gasteiger partial charge in [0.15, 0.2) is 0 Å². The highest BCUT2D eigenvalue weighted by molar-refractivity contribution is 6.04. The fraction of sp³-hybridized carbons (Fsp3) is 0.364. The highest BCUT2D eigenvalue weighted by Crippen LogP contribution is 2.23. The van der Waals surface area contributed by atoms with Crippen molar-refractivity contribution in [1.29, 1.82) is 0 Å². The van der Waals surface area contributed by atoms with Gasteiger partial charge in [-0.15, -0.1) is 0 Å². The van der Waals surface area contributed by atoms with E-state index in [1.54, 1.807) is 18.7 Å². The maximum absolute atomic E-state index is 13.0. The number of carbonyl (C=O) groups excluding carboxylic acids is 2. The van der Waals surface area contributed by atoms with E-state index in [4.69, 9.17) is 0 Å². The highest BCUT2D eigenvalue weighted by Gasteiger charge is 2.39. The predicted octanol–water partition coefficient (Wildman–Crippen LogP) is 3.94. The van der Waals surface area contributed by atoms with E-state index in [9.17, 15) is 9.59 Å². The molecule has 2 aromatic carbocycles. The Kier molecular flexibility index (Phi) is 6.56. The minimum absolute atomic E-state index is 0.153. The Morgan fingerprint density at radius 3 is 2.08 bits per heavy atom. The summed E-state index contributed by atoms with van der Waals surface area (Å²) in [5.41, 5.74) is 0.936. The van der Waals surface area contributed by atoms with E-state index in [0.717, 1.165) is 11.1 Å². The van der Waals surface area contributed by atoms with Crippen molar-refractivity contribution in [3.05, 3.63) is 71.8 Å². The molecular weight excluding hydrogens is 324 g/mol. The molecule has 0 aliphatic carbocycles. The maximum Gasteiger partial charge on any atom is 0.237 e. The molecule has 138 valence electrons. The zero-order valence-corrected chi connectivity index (χ0v) is 16.0. The summed E-state index contributed by atoms with van der Waals surface area (Å²) in [5, 5.41) is 2.97. The van der Waals surface area contributed by atoms with E-state index in [-0.39, 0.29) is 17.9 Å². The van der Waals surface area contributed by atoms with Crippen molar-refractivity contribution in [1.82, 2.24) is 10.2 Å². The molecule has 4 nitrogen and oxygen atoms in total. The first kappa shape index (κ1) is 19.7. The normalized spacial score (nSPS) is 12.3. The summed E-state index contributed by atoms with van der Waals surface area (Å²) in [6, 6.07) is 19.4. The molecule has 1 unspecified atom stereocenters. The van der Waals surface area contributed by atoms with Gasteiger partial charge in [0.05, 0.1) is 6.04 Å². The van der Waals surface area contributed by atoms with Gasteiger partial charge in [-0.3, -0.25) is 9.59 Å². The van der Waals surface area contributed by atoms with Crippen molar-refractivity contribution in [2.75, 3.05) is 6.54 Å². The Labute approximate surface area is 156 Å². The fourth-order valence-electron chi connectivity index (χ4n) is 2.83. The first-order valence-corrected chi connectivity index (χ1v) is 9.05. The average molecular weight is 352 g/mol. The predicted molar refractivity (Wildman–Crippen MR) is 104 cm³/mol. The van der Waals surface area contributed by atoms with Gasteiger partial charge in [-0.2, -0.15) is 0 Å². The van der Waals surface area contributed by atoms with Gasteiger partial charge in [0, 0.05) is 13.1 Å². The molecule has 2 rings (SSSR count). The number of rotatable bonds is 7. The van der Waals surface area contributed by atoms with Crippen LogP contribution in [0, 0.1) is 5.41 Å². The first-order valence-electron chi connectivity index (χ1n) is 9.05. The van der Waals surface area contributed by atoms with E-state index in [1.165, 1.54) is 0 Å². The van der Waals surface area contributed by atoms with Crippen molar-refractivity contribution in [3.63, 3.8) is 0 Å². The van der Waals surface area contributed by atoms with Crippen LogP contribution in [0.1, 0.15) is 44.9 Å². The second-order valence-electron chi connectivity index (χ2n) is 7.04. The number of benzene rings is 2. The number of amides is 2. The Morgan fingerprint density at radius 1 is 1.00 bits per heavy atom. The summed E-state index contributed by atoms with van der Waals surface area (Å²) in [5.74, 6) is -0.424. The van der Waals surface area contributed by atoms with Crippen molar-refractivity contribution in [2.45, 2.75) is 40.3 Å². The van der Waals surface area contributed by atoms with Gasteiger partial charge in [-0.1, -0.05) is 60.7 Å². The molecule has 2 aromatic rings. The minimum Gasteiger partial charge on any atom is -0.349 e. The van der Waals surface area contributed by atoms with Crippen LogP contribution < -0.4 is 5.32 Å². The summed E-state index contributed by atoms with van der Waals surface area (Å²) in [6.07, 6.45) is 0. The zero-order chi connectivity index (χ0) is 19.2. The molecule has 0 aromatic heterocycles. The number of nitrogens with zero attached hydrogens (tertiary/aromatic N) is 1. The van der Waals surface area contributed by atoms with Gasteiger partial charge in [0.1, 0.15) is 5.41 Å². The maximum atomic E-state index is 13.0. The fourth-order valence-corrected chi connectivity index (χ4v) is 2.83. The van der Waals surface area contributed by atoms with E-state index >= 15 is 0 Å². The average Bonchev–Trinajstić information content (AvgIpc) is 2.66. The third-order valence-corrected chi connectivity index (χ3v) is 4.63. The Bertz CT molecular complexity index is 726. The summed E-state index contributed by atoms with van der Waals surface area (Å²) < 4.78 is 0. The molecule has 1 atom stereocenters. The lowest BCUT2D eigenvalue weighted by atomic mass is 9.89. The molecular formula is C22H28N2O2. The van der Waals surface area contributed by atoms with Crippen LogP contribution in [0.5, 0.6) is 0 Å². The molecule has 0 saturated carbocycles. The lowest BCUT2D eigenvalue weighted by molar-refractivity contribution is -0.149. The number of carbonyl (C=O) groups is 2. The van der Waals surface area contributed by atoms with Gasteiger partial charge in [-0.05, 0) is 38.8 Å². The van der Waals surface area contributed by atoms with Crippen LogP contribution in [0.25, 0.3) is 0 Å². The van der Waals surface area contributed by atoms with Crippen molar-refractivity contribution < 1.29 is 9.59 Å². The van der Waals surface area contributed by atoms with Gasteiger partial charge in [0.25, 0.3) is 0 Å². The topological polar surface area (TPSA) is 49.4 Å². The van der Waals surface area contributed by atoms with Gasteiger partial charge >= 0.3 is 0 Å². The molecule has 2 amide bonds. The SMILES string of the molecule is CCN(Cc1ccccc1)C(=O)C(C)(C)C(=O)NC(C)c1ccccc1. The first-order chi connectivity index (χ1) is 12.4. The van der Waals surface area contributed by atoms with Gasteiger partial charge in [-0.25, -0.2) is 0 Å². The van der Waals surface area contributed by atoms with E-state index in [0.29, 0.717) is 13.1 Å². The van der Waals surface area contributed by atoms with Crippen LogP contribution in [0.2, 0.25) is 0 Å². The molecule has 0 aliphatic rings. The molecule has 1 N–H and O–H groups in total. The lowest BCUT2D eigenvalue weighted by Crippen LogP contribution is -2.49. The van der Waals surface area contributed by atoms with Crippen molar-refractivity contribution in [3.8, 4) is 0 Å². The van der Waals surface area contributed by atoms with Gasteiger partial charge < -0.3 is 10.2 Å². The molecule has 4 heteroatoms. The van der Waals surface area contributed by atoms with Gasteiger partial charge in [0.2, 0.25) is 11.8 Å². The van der Waals surface area contributed by atoms with Crippen LogP contribution in [0.15, 0.2) is 60.7 Å². The van der Waals surface area contributed by atoms with Crippen LogP contribution in [0.4, 0.5) is 0 Å². The smallest absolute Gasteiger partial charge is 0.237 e. The molecule has 0 fully saturated rings. The monoisotopic (exact) mass is 352 g/mol. The highest BCUT2D eigenvalue weighted by atomic mass is 16.2. The lowest BCUT2D eigenvalue weighted by Gasteiger charge is -2.31. The summed E-state index contributed by atoms with van der Waals surface area (Å²) in [7, 11) is 0. The van der Waals surface area contributed by atoms with Crippen molar-refractivity contribution >= 4 is 11.8 Å². The molecule has 0 aliphatic heterocycles. The largest absolute Gasteiger partial charge is 0.349 e. The molecule has 0 saturated heterocycles. The molecule has 0 radical (unpaired) electrons. The van der Waals surface area contributed by atoms with Crippen LogP contribution >= 0.6 is 0 Å². The van der Waals surface area contributed by atoms with Crippen molar-refractivity contribution in [2.24, 2.45) is 5.41 Å². The third-order valence-electron chi connectivity index (χ3n) is 4.63. The Hall–Kier alpha value is -2.62. The quantitative estimate of drug-likeness (QED) is 0.767. The van der Waals surface area contributed by atoms with Crippen LogP contribution in [0.3, 0.4) is 0 Å². The van der Waals surface area contributed by atoms with E-state index in [2.05, 4.69) is 5.32 Å². The molecule has 0 spiro atoms. The summed E-state index contributed by atoms with van der Waals surface area (Å²) in [6.45, 7) is 8.29. The summed E-state index contributed by atoms with van der Waals surface area (Å²) >= 11 is 0. The Balaban J connectivity index is 2.08. The van der Waals surface area contributed by atoms with E-state index in [1.807, 2.05) is 74.5 Å². The van der Waals surface area contributed by atoms with E-state index < -0.39 is 5.41 Å². The molecule has 0 bridgehead atoms. The molecule has 0 heterocycles. The molecule has 26 heavy (non-hydrogen) atoms. The van der Waals surface area contributed by atoms with Crippen LogP contribution in [-0.4, -0.2) is 23.3 Å². The summed E-state index contributed by atoms with van der Waals surface area (Å²) in [4.78, 5) is 27.6. The Morgan fingerprint density at radius 2 is 1.54 bits per heavy atom.